The van der Waals surface area contributed by atoms with Crippen LogP contribution in [0.15, 0.2) is 24.3 Å². The summed E-state index contributed by atoms with van der Waals surface area (Å²) in [5.74, 6) is 0.568. The number of aromatic nitrogens is 2. The second kappa shape index (κ2) is 7.01. The first-order valence-corrected chi connectivity index (χ1v) is 11.0. The van der Waals surface area contributed by atoms with Crippen molar-refractivity contribution in [3.8, 4) is 17.1 Å². The van der Waals surface area contributed by atoms with E-state index in [0.717, 1.165) is 65.8 Å². The van der Waals surface area contributed by atoms with Crippen molar-refractivity contribution in [3.63, 3.8) is 0 Å². The summed E-state index contributed by atoms with van der Waals surface area (Å²) in [7, 11) is 1.66. The smallest absolute Gasteiger partial charge is 0.419 e. The molecule has 0 atom stereocenters. The maximum atomic E-state index is 13.5. The van der Waals surface area contributed by atoms with Crippen LogP contribution in [0.25, 0.3) is 22.2 Å². The Labute approximate surface area is 182 Å². The van der Waals surface area contributed by atoms with Crippen LogP contribution in [0.2, 0.25) is 0 Å². The summed E-state index contributed by atoms with van der Waals surface area (Å²) < 4.78 is 13.4. The predicted octanol–water partition coefficient (Wildman–Crippen LogP) is 5.11. The number of anilines is 1. The van der Waals surface area contributed by atoms with Gasteiger partial charge in [0.25, 0.3) is 0 Å². The van der Waals surface area contributed by atoms with Gasteiger partial charge in [0.2, 0.25) is 5.88 Å². The first-order chi connectivity index (χ1) is 14.8. The number of carbonyl (C=O) groups is 1. The summed E-state index contributed by atoms with van der Waals surface area (Å²) in [6.07, 6.45) is 2.58. The number of hydrogen-bond donors (Lipinski definition) is 0. The minimum absolute atomic E-state index is 0.370. The minimum atomic E-state index is -0.596. The van der Waals surface area contributed by atoms with Crippen LogP contribution >= 0.6 is 0 Å². The number of hydrogen-bond acceptors (Lipinski definition) is 5. The molecule has 0 fully saturated rings. The number of rotatable bonds is 1. The highest BCUT2D eigenvalue weighted by Crippen LogP contribution is 2.49. The third-order valence-electron chi connectivity index (χ3n) is 6.23. The number of aryl methyl sites for hydroxylation is 1. The second-order valence-corrected chi connectivity index (χ2v) is 9.41. The van der Waals surface area contributed by atoms with E-state index in [9.17, 15) is 4.79 Å². The fourth-order valence-electron chi connectivity index (χ4n) is 5.06. The number of nitrogens with zero attached hydrogens (tertiary/aromatic N) is 3. The third-order valence-corrected chi connectivity index (χ3v) is 6.23. The molecule has 0 bridgehead atoms. The molecule has 6 heteroatoms. The molecule has 0 N–H and O–H groups in total. The molecule has 0 saturated heterocycles. The third kappa shape index (κ3) is 3.08. The van der Waals surface area contributed by atoms with Crippen molar-refractivity contribution in [2.45, 2.75) is 52.6 Å². The maximum absolute atomic E-state index is 13.5. The summed E-state index contributed by atoms with van der Waals surface area (Å²) in [4.78, 5) is 20.8. The fraction of sp³-hybridized carbons (Fsp3) is 0.440. The van der Waals surface area contributed by atoms with E-state index in [1.807, 2.05) is 39.0 Å². The fourth-order valence-corrected chi connectivity index (χ4v) is 5.06. The SMILES string of the molecule is COc1nc(C)c2c3c1-c1c(c4ccccc4n1C(=O)OC(C)(C)C)CCN3CCC2. The highest BCUT2D eigenvalue weighted by atomic mass is 16.6. The standard InChI is InChI=1S/C25H29N3O3/c1-15-16-10-8-13-27-14-12-18-17-9-6-7-11-19(17)28(24(29)31-25(2,3)4)22(18)20(21(16)27)23(26-15)30-5/h6-7,9,11H,8,10,12-14H2,1-5H3. The van der Waals surface area contributed by atoms with Crippen molar-refractivity contribution in [1.82, 2.24) is 9.55 Å². The topological polar surface area (TPSA) is 56.6 Å². The Kier molecular flexibility index (Phi) is 4.50. The Morgan fingerprint density at radius 3 is 2.61 bits per heavy atom. The van der Waals surface area contributed by atoms with Crippen molar-refractivity contribution in [1.29, 1.82) is 0 Å². The monoisotopic (exact) mass is 419 g/mol. The second-order valence-electron chi connectivity index (χ2n) is 9.41. The molecule has 0 amide bonds. The van der Waals surface area contributed by atoms with E-state index in [4.69, 9.17) is 14.5 Å². The van der Waals surface area contributed by atoms with Gasteiger partial charge in [-0.05, 0) is 64.2 Å². The van der Waals surface area contributed by atoms with Gasteiger partial charge in [-0.2, -0.15) is 0 Å². The molecule has 2 aliphatic heterocycles. The molecule has 0 spiro atoms. The Hall–Kier alpha value is -3.02. The lowest BCUT2D eigenvalue weighted by molar-refractivity contribution is 0.0547. The molecular weight excluding hydrogens is 390 g/mol. The van der Waals surface area contributed by atoms with Gasteiger partial charge >= 0.3 is 6.09 Å². The van der Waals surface area contributed by atoms with Crippen LogP contribution in [-0.4, -0.2) is 41.4 Å². The normalized spacial score (nSPS) is 15.3. The molecule has 6 nitrogen and oxygen atoms in total. The largest absolute Gasteiger partial charge is 0.480 e. The van der Waals surface area contributed by atoms with Crippen LogP contribution in [0.1, 0.15) is 44.0 Å². The molecule has 0 radical (unpaired) electrons. The van der Waals surface area contributed by atoms with Crippen LogP contribution in [0.3, 0.4) is 0 Å². The van der Waals surface area contributed by atoms with Crippen LogP contribution < -0.4 is 9.64 Å². The van der Waals surface area contributed by atoms with Gasteiger partial charge in [0.15, 0.2) is 0 Å². The highest BCUT2D eigenvalue weighted by molar-refractivity contribution is 6.03. The average Bonchev–Trinajstić information content (AvgIpc) is 2.95. The van der Waals surface area contributed by atoms with Crippen molar-refractivity contribution < 1.29 is 14.3 Å². The molecular formula is C25H29N3O3. The number of ether oxygens (including phenoxy) is 2. The summed E-state index contributed by atoms with van der Waals surface area (Å²) in [5.41, 5.74) is 6.63. The summed E-state index contributed by atoms with van der Waals surface area (Å²) in [6, 6.07) is 8.08. The zero-order valence-electron chi connectivity index (χ0n) is 18.9. The molecule has 2 aliphatic rings. The molecule has 4 heterocycles. The first-order valence-electron chi connectivity index (χ1n) is 11.0. The molecule has 0 unspecified atom stereocenters. The molecule has 5 rings (SSSR count). The van der Waals surface area contributed by atoms with Crippen molar-refractivity contribution in [2.24, 2.45) is 0 Å². The van der Waals surface area contributed by atoms with Gasteiger partial charge in [-0.1, -0.05) is 18.2 Å². The summed E-state index contributed by atoms with van der Waals surface area (Å²) >= 11 is 0. The van der Waals surface area contributed by atoms with E-state index in [0.29, 0.717) is 5.88 Å². The Bertz CT molecular complexity index is 1200. The molecule has 3 aromatic rings. The number of benzene rings is 1. The first kappa shape index (κ1) is 19.9. The number of pyridine rings is 1. The van der Waals surface area contributed by atoms with E-state index >= 15 is 0 Å². The molecule has 0 aliphatic carbocycles. The molecule has 31 heavy (non-hydrogen) atoms. The quantitative estimate of drug-likeness (QED) is 0.548. The van der Waals surface area contributed by atoms with Gasteiger partial charge in [0.05, 0.1) is 29.6 Å². The molecule has 0 saturated carbocycles. The van der Waals surface area contributed by atoms with Crippen LogP contribution in [0.4, 0.5) is 10.5 Å². The minimum Gasteiger partial charge on any atom is -0.480 e. The number of fused-ring (bicyclic) bond motifs is 4. The zero-order chi connectivity index (χ0) is 21.9. The molecule has 2 aromatic heterocycles. The van der Waals surface area contributed by atoms with Gasteiger partial charge in [-0.25, -0.2) is 14.3 Å². The molecule has 1 aromatic carbocycles. The van der Waals surface area contributed by atoms with E-state index in [1.165, 1.54) is 11.3 Å². The van der Waals surface area contributed by atoms with Crippen LogP contribution in [-0.2, 0) is 17.6 Å². The number of carbonyl (C=O) groups excluding carboxylic acids is 1. The lowest BCUT2D eigenvalue weighted by atomic mass is 9.95. The van der Waals surface area contributed by atoms with Gasteiger partial charge in [-0.3, -0.25) is 0 Å². The number of methoxy groups -OCH3 is 1. The predicted molar refractivity (Wildman–Crippen MR) is 122 cm³/mol. The van der Waals surface area contributed by atoms with Gasteiger partial charge in [-0.15, -0.1) is 0 Å². The average molecular weight is 420 g/mol. The van der Waals surface area contributed by atoms with Crippen molar-refractivity contribution in [3.05, 3.63) is 41.1 Å². The lowest BCUT2D eigenvalue weighted by Crippen LogP contribution is -2.32. The van der Waals surface area contributed by atoms with Crippen molar-refractivity contribution >= 4 is 22.7 Å². The van der Waals surface area contributed by atoms with Gasteiger partial charge < -0.3 is 14.4 Å². The van der Waals surface area contributed by atoms with Gasteiger partial charge in [0.1, 0.15) is 5.60 Å². The maximum Gasteiger partial charge on any atom is 0.419 e. The zero-order valence-corrected chi connectivity index (χ0v) is 18.9. The van der Waals surface area contributed by atoms with E-state index < -0.39 is 5.60 Å². The molecule has 162 valence electrons. The Morgan fingerprint density at radius 1 is 1.10 bits per heavy atom. The number of para-hydroxylation sites is 1. The Balaban J connectivity index is 1.90. The van der Waals surface area contributed by atoms with Crippen molar-refractivity contribution in [2.75, 3.05) is 25.1 Å². The van der Waals surface area contributed by atoms with Crippen LogP contribution in [0, 0.1) is 6.92 Å². The lowest BCUT2D eigenvalue weighted by Gasteiger charge is -2.33. The van der Waals surface area contributed by atoms with Crippen LogP contribution in [0.5, 0.6) is 5.88 Å². The summed E-state index contributed by atoms with van der Waals surface area (Å²) in [6.45, 7) is 9.65. The van der Waals surface area contributed by atoms with E-state index in [-0.39, 0.29) is 6.09 Å². The summed E-state index contributed by atoms with van der Waals surface area (Å²) in [5, 5.41) is 1.08. The van der Waals surface area contributed by atoms with E-state index in [1.54, 1.807) is 11.7 Å². The highest BCUT2D eigenvalue weighted by Gasteiger charge is 2.36. The van der Waals surface area contributed by atoms with E-state index in [2.05, 4.69) is 17.9 Å². The Morgan fingerprint density at radius 2 is 1.87 bits per heavy atom. The van der Waals surface area contributed by atoms with Gasteiger partial charge in [0, 0.05) is 24.2 Å².